The van der Waals surface area contributed by atoms with Crippen LogP contribution in [0.5, 0.6) is 0 Å². The van der Waals surface area contributed by atoms with Crippen LogP contribution in [0.4, 0.5) is 11.4 Å². The first-order chi connectivity index (χ1) is 8.65. The Bertz CT molecular complexity index is 391. The minimum absolute atomic E-state index is 0.0415. The van der Waals surface area contributed by atoms with Crippen molar-refractivity contribution in [3.63, 3.8) is 0 Å². The summed E-state index contributed by atoms with van der Waals surface area (Å²) < 4.78 is 5.35. The van der Waals surface area contributed by atoms with Gasteiger partial charge in [-0.25, -0.2) is 0 Å². The molecular formula is C14H22N2O2. The number of hydrogen-bond donors (Lipinski definition) is 2. The first kappa shape index (κ1) is 14.5. The van der Waals surface area contributed by atoms with Gasteiger partial charge in [0.2, 0.25) is 5.91 Å². The third kappa shape index (κ3) is 4.75. The van der Waals surface area contributed by atoms with E-state index in [9.17, 15) is 4.79 Å². The van der Waals surface area contributed by atoms with E-state index in [4.69, 9.17) is 10.5 Å². The molecule has 1 aromatic rings. The maximum absolute atomic E-state index is 11.7. The van der Waals surface area contributed by atoms with E-state index in [0.29, 0.717) is 18.7 Å². The highest BCUT2D eigenvalue weighted by molar-refractivity contribution is 5.92. The Morgan fingerprint density at radius 2 is 2.17 bits per heavy atom. The molecule has 0 spiro atoms. The van der Waals surface area contributed by atoms with Crippen molar-refractivity contribution in [3.8, 4) is 0 Å². The Kier molecular flexibility index (Phi) is 6.22. The average Bonchev–Trinajstić information content (AvgIpc) is 2.35. The maximum Gasteiger partial charge on any atom is 0.226 e. The highest BCUT2D eigenvalue weighted by Gasteiger charge is 2.05. The number of nitrogens with two attached hydrogens (primary N) is 1. The largest absolute Gasteiger partial charge is 0.398 e. The van der Waals surface area contributed by atoms with Gasteiger partial charge in [0.15, 0.2) is 0 Å². The smallest absolute Gasteiger partial charge is 0.226 e. The first-order valence-electron chi connectivity index (χ1n) is 6.37. The number of nitrogens with one attached hydrogen (secondary N) is 1. The summed E-state index contributed by atoms with van der Waals surface area (Å²) >= 11 is 0. The van der Waals surface area contributed by atoms with Crippen molar-refractivity contribution in [2.24, 2.45) is 0 Å². The van der Waals surface area contributed by atoms with Gasteiger partial charge in [-0.3, -0.25) is 4.79 Å². The molecule has 18 heavy (non-hydrogen) atoms. The summed E-state index contributed by atoms with van der Waals surface area (Å²) in [6.07, 6.45) is 2.52. The van der Waals surface area contributed by atoms with E-state index in [0.717, 1.165) is 30.7 Å². The number of carbonyl (C=O) groups excluding carboxylic acids is 1. The molecule has 0 radical (unpaired) electrons. The molecule has 0 aromatic heterocycles. The monoisotopic (exact) mass is 250 g/mol. The minimum atomic E-state index is -0.0415. The van der Waals surface area contributed by atoms with Crippen molar-refractivity contribution in [1.82, 2.24) is 0 Å². The molecule has 0 heterocycles. The van der Waals surface area contributed by atoms with Crippen molar-refractivity contribution >= 4 is 17.3 Å². The van der Waals surface area contributed by atoms with Gasteiger partial charge in [0.25, 0.3) is 0 Å². The van der Waals surface area contributed by atoms with Gasteiger partial charge in [0.05, 0.1) is 13.0 Å². The number of hydrogen-bond acceptors (Lipinski definition) is 3. The highest BCUT2D eigenvalue weighted by atomic mass is 16.5. The second-order valence-electron chi connectivity index (χ2n) is 4.28. The lowest BCUT2D eigenvalue weighted by Gasteiger charge is -2.10. The van der Waals surface area contributed by atoms with Crippen LogP contribution in [0.25, 0.3) is 0 Å². The Morgan fingerprint density at radius 1 is 1.39 bits per heavy atom. The molecule has 0 fully saturated rings. The zero-order chi connectivity index (χ0) is 13.4. The molecule has 1 rings (SSSR count). The predicted octanol–water partition coefficient (Wildman–Crippen LogP) is 2.72. The van der Waals surface area contributed by atoms with E-state index in [-0.39, 0.29) is 5.91 Å². The molecule has 3 N–H and O–H groups in total. The Labute approximate surface area is 109 Å². The lowest BCUT2D eigenvalue weighted by molar-refractivity contribution is -0.117. The fourth-order valence-corrected chi connectivity index (χ4v) is 1.51. The van der Waals surface area contributed by atoms with E-state index in [1.165, 1.54) is 0 Å². The fraction of sp³-hybridized carbons (Fsp3) is 0.500. The molecule has 0 saturated heterocycles. The van der Waals surface area contributed by atoms with E-state index < -0.39 is 0 Å². The van der Waals surface area contributed by atoms with Crippen LogP contribution in [0, 0.1) is 6.92 Å². The molecule has 100 valence electrons. The van der Waals surface area contributed by atoms with Crippen LogP contribution in [0.15, 0.2) is 18.2 Å². The summed E-state index contributed by atoms with van der Waals surface area (Å²) in [5.74, 6) is -0.0415. The molecule has 0 aliphatic carbocycles. The number of nitrogen functional groups attached to an aromatic ring is 1. The normalized spacial score (nSPS) is 10.3. The van der Waals surface area contributed by atoms with E-state index in [1.807, 2.05) is 25.1 Å². The first-order valence-corrected chi connectivity index (χ1v) is 6.37. The topological polar surface area (TPSA) is 64.3 Å². The Hall–Kier alpha value is -1.55. The van der Waals surface area contributed by atoms with Crippen LogP contribution in [-0.4, -0.2) is 19.1 Å². The lowest BCUT2D eigenvalue weighted by Crippen LogP contribution is -2.15. The number of benzene rings is 1. The van der Waals surface area contributed by atoms with E-state index in [1.54, 1.807) is 0 Å². The van der Waals surface area contributed by atoms with Crippen LogP contribution in [0.1, 0.15) is 31.7 Å². The summed E-state index contributed by atoms with van der Waals surface area (Å²) in [6.45, 7) is 5.19. The summed E-state index contributed by atoms with van der Waals surface area (Å²) in [6, 6.07) is 5.50. The summed E-state index contributed by atoms with van der Waals surface area (Å²) in [4.78, 5) is 11.7. The molecule has 4 nitrogen and oxygen atoms in total. The summed E-state index contributed by atoms with van der Waals surface area (Å²) in [7, 11) is 0. The third-order valence-electron chi connectivity index (χ3n) is 2.77. The quantitative estimate of drug-likeness (QED) is 0.577. The molecule has 1 amide bonds. The molecule has 0 saturated carbocycles. The zero-order valence-electron chi connectivity index (χ0n) is 11.2. The van der Waals surface area contributed by atoms with Gasteiger partial charge < -0.3 is 15.8 Å². The van der Waals surface area contributed by atoms with Crippen LogP contribution < -0.4 is 11.1 Å². The molecule has 0 atom stereocenters. The van der Waals surface area contributed by atoms with Gasteiger partial charge in [-0.05, 0) is 31.0 Å². The van der Waals surface area contributed by atoms with E-state index >= 15 is 0 Å². The van der Waals surface area contributed by atoms with Crippen LogP contribution >= 0.6 is 0 Å². The molecule has 1 aromatic carbocycles. The highest BCUT2D eigenvalue weighted by Crippen LogP contribution is 2.20. The van der Waals surface area contributed by atoms with Gasteiger partial charge in [0.1, 0.15) is 0 Å². The summed E-state index contributed by atoms with van der Waals surface area (Å²) in [5.41, 5.74) is 8.13. The van der Waals surface area contributed by atoms with Crippen LogP contribution in [0.2, 0.25) is 0 Å². The van der Waals surface area contributed by atoms with Crippen molar-refractivity contribution in [2.75, 3.05) is 24.3 Å². The van der Waals surface area contributed by atoms with Crippen molar-refractivity contribution in [1.29, 1.82) is 0 Å². The number of anilines is 2. The van der Waals surface area contributed by atoms with Crippen LogP contribution in [0.3, 0.4) is 0 Å². The van der Waals surface area contributed by atoms with Gasteiger partial charge in [-0.2, -0.15) is 0 Å². The average molecular weight is 250 g/mol. The second kappa shape index (κ2) is 7.71. The molecule has 0 aliphatic heterocycles. The molecule has 4 heteroatoms. The second-order valence-corrected chi connectivity index (χ2v) is 4.28. The van der Waals surface area contributed by atoms with Gasteiger partial charge in [-0.15, -0.1) is 0 Å². The molecular weight excluding hydrogens is 228 g/mol. The maximum atomic E-state index is 11.7. The SMILES string of the molecule is CCCCOCCC(=O)Nc1cccc(N)c1C. The predicted molar refractivity (Wildman–Crippen MR) is 74.6 cm³/mol. The molecule has 0 unspecified atom stereocenters. The number of carbonyl (C=O) groups is 1. The van der Waals surface area contributed by atoms with Crippen molar-refractivity contribution < 1.29 is 9.53 Å². The van der Waals surface area contributed by atoms with Crippen molar-refractivity contribution in [2.45, 2.75) is 33.1 Å². The number of rotatable bonds is 7. The third-order valence-corrected chi connectivity index (χ3v) is 2.77. The van der Waals surface area contributed by atoms with Crippen molar-refractivity contribution in [3.05, 3.63) is 23.8 Å². The fourth-order valence-electron chi connectivity index (χ4n) is 1.51. The van der Waals surface area contributed by atoms with E-state index in [2.05, 4.69) is 12.2 Å². The lowest BCUT2D eigenvalue weighted by atomic mass is 10.1. The summed E-state index contributed by atoms with van der Waals surface area (Å²) in [5, 5.41) is 2.84. The van der Waals surface area contributed by atoms with Gasteiger partial charge >= 0.3 is 0 Å². The van der Waals surface area contributed by atoms with Gasteiger partial charge in [0, 0.05) is 18.0 Å². The zero-order valence-corrected chi connectivity index (χ0v) is 11.2. The number of unbranched alkanes of at least 4 members (excludes halogenated alkanes) is 1. The Balaban J connectivity index is 2.34. The number of ether oxygens (including phenoxy) is 1. The number of amides is 1. The molecule has 0 aliphatic rings. The van der Waals surface area contributed by atoms with Crippen LogP contribution in [-0.2, 0) is 9.53 Å². The molecule has 0 bridgehead atoms. The Morgan fingerprint density at radius 3 is 2.89 bits per heavy atom. The standard InChI is InChI=1S/C14H22N2O2/c1-3-4-9-18-10-8-14(17)16-13-7-5-6-12(15)11(13)2/h5-7H,3-4,8-10,15H2,1-2H3,(H,16,17). The van der Waals surface area contributed by atoms with Gasteiger partial charge in [-0.1, -0.05) is 19.4 Å². The minimum Gasteiger partial charge on any atom is -0.398 e.